The van der Waals surface area contributed by atoms with Crippen molar-refractivity contribution in [3.8, 4) is 0 Å². The molecule has 2 rings (SSSR count). The molecule has 0 aromatic carbocycles. The molecule has 0 saturated heterocycles. The minimum atomic E-state index is 0.516. The topological polar surface area (TPSA) is 50.7 Å². The zero-order chi connectivity index (χ0) is 13.7. The third-order valence-corrected chi connectivity index (χ3v) is 4.99. The first-order chi connectivity index (χ1) is 9.26. The normalized spacial score (nSPS) is 23.3. The Morgan fingerprint density at radius 3 is 2.32 bits per heavy atom. The molecule has 1 saturated carbocycles. The van der Waals surface area contributed by atoms with Crippen LogP contribution < -0.4 is 5.32 Å². The second kappa shape index (κ2) is 7.08. The molecule has 1 N–H and O–H groups in total. The second-order valence-corrected chi connectivity index (χ2v) is 6.23. The Morgan fingerprint density at radius 1 is 1.05 bits per heavy atom. The molecule has 0 spiro atoms. The fourth-order valence-electron chi connectivity index (χ4n) is 2.62. The highest BCUT2D eigenvalue weighted by molar-refractivity contribution is 7.99. The van der Waals surface area contributed by atoms with Crippen LogP contribution in [0.5, 0.6) is 0 Å². The molecular formula is C14H24N4S. The number of hydrogen-bond donors (Lipinski definition) is 1. The van der Waals surface area contributed by atoms with E-state index in [0.29, 0.717) is 12.0 Å². The summed E-state index contributed by atoms with van der Waals surface area (Å²) in [4.78, 5) is 4.61. The first-order valence-corrected chi connectivity index (χ1v) is 8.57. The Labute approximate surface area is 120 Å². The summed E-state index contributed by atoms with van der Waals surface area (Å²) in [6.45, 7) is 4.22. The van der Waals surface area contributed by atoms with Gasteiger partial charge in [-0.15, -0.1) is 5.10 Å². The molecule has 1 aliphatic rings. The van der Waals surface area contributed by atoms with Crippen LogP contribution in [-0.2, 0) is 12.8 Å². The Balaban J connectivity index is 1.96. The van der Waals surface area contributed by atoms with Crippen molar-refractivity contribution in [1.82, 2.24) is 15.2 Å². The number of rotatable bonds is 5. The van der Waals surface area contributed by atoms with Crippen molar-refractivity contribution in [3.05, 3.63) is 11.4 Å². The van der Waals surface area contributed by atoms with Crippen LogP contribution >= 0.6 is 11.8 Å². The summed E-state index contributed by atoms with van der Waals surface area (Å²) in [7, 11) is 0. The van der Waals surface area contributed by atoms with Gasteiger partial charge in [0.25, 0.3) is 0 Å². The summed E-state index contributed by atoms with van der Waals surface area (Å²) in [6, 6.07) is 0.516. The molecule has 0 atom stereocenters. The molecule has 1 aromatic heterocycles. The molecule has 106 valence electrons. The molecule has 0 radical (unpaired) electrons. The SMILES string of the molecule is CCc1nnc(NC2CCC(SC)CC2)nc1CC. The standard InChI is InChI=1S/C14H24N4S/c1-4-12-13(5-2)17-18-14(16-12)15-10-6-8-11(19-3)9-7-10/h10-11H,4-9H2,1-3H3,(H,15,16,18). The smallest absolute Gasteiger partial charge is 0.243 e. The van der Waals surface area contributed by atoms with E-state index in [0.717, 1.165) is 29.5 Å². The van der Waals surface area contributed by atoms with Crippen molar-refractivity contribution in [2.75, 3.05) is 11.6 Å². The van der Waals surface area contributed by atoms with Gasteiger partial charge in [0.05, 0.1) is 11.4 Å². The van der Waals surface area contributed by atoms with Gasteiger partial charge < -0.3 is 5.32 Å². The van der Waals surface area contributed by atoms with Crippen LogP contribution in [0.1, 0.15) is 50.9 Å². The maximum atomic E-state index is 4.61. The highest BCUT2D eigenvalue weighted by atomic mass is 32.2. The average molecular weight is 280 g/mol. The Bertz CT molecular complexity index is 402. The molecule has 0 unspecified atom stereocenters. The van der Waals surface area contributed by atoms with Crippen molar-refractivity contribution < 1.29 is 0 Å². The van der Waals surface area contributed by atoms with Crippen LogP contribution in [0.3, 0.4) is 0 Å². The molecular weight excluding hydrogens is 256 g/mol. The molecule has 0 amide bonds. The lowest BCUT2D eigenvalue weighted by Crippen LogP contribution is -2.28. The molecule has 4 nitrogen and oxygen atoms in total. The molecule has 1 aromatic rings. The van der Waals surface area contributed by atoms with Crippen molar-refractivity contribution >= 4 is 17.7 Å². The first kappa shape index (κ1) is 14.6. The van der Waals surface area contributed by atoms with Gasteiger partial charge in [-0.2, -0.15) is 16.9 Å². The second-order valence-electron chi connectivity index (χ2n) is 5.09. The lowest BCUT2D eigenvalue weighted by molar-refractivity contribution is 0.470. The summed E-state index contributed by atoms with van der Waals surface area (Å²) in [5.74, 6) is 0.710. The average Bonchev–Trinajstić information content (AvgIpc) is 2.48. The molecule has 0 aliphatic heterocycles. The molecule has 1 aliphatic carbocycles. The maximum absolute atomic E-state index is 4.61. The zero-order valence-corrected chi connectivity index (χ0v) is 13.0. The van der Waals surface area contributed by atoms with Gasteiger partial charge in [0.15, 0.2) is 0 Å². The van der Waals surface area contributed by atoms with Crippen LogP contribution in [0, 0.1) is 0 Å². The lowest BCUT2D eigenvalue weighted by atomic mass is 9.95. The number of hydrogen-bond acceptors (Lipinski definition) is 5. The molecule has 0 bridgehead atoms. The fraction of sp³-hybridized carbons (Fsp3) is 0.786. The zero-order valence-electron chi connectivity index (χ0n) is 12.1. The predicted octanol–water partition coefficient (Wildman–Crippen LogP) is 3.08. The van der Waals surface area contributed by atoms with Gasteiger partial charge >= 0.3 is 0 Å². The van der Waals surface area contributed by atoms with Gasteiger partial charge in [-0.25, -0.2) is 4.98 Å². The van der Waals surface area contributed by atoms with E-state index in [-0.39, 0.29) is 0 Å². The van der Waals surface area contributed by atoms with Crippen molar-refractivity contribution in [3.63, 3.8) is 0 Å². The monoisotopic (exact) mass is 280 g/mol. The third-order valence-electron chi connectivity index (χ3n) is 3.85. The number of nitrogens with zero attached hydrogens (tertiary/aromatic N) is 3. The van der Waals surface area contributed by atoms with Gasteiger partial charge in [-0.1, -0.05) is 13.8 Å². The predicted molar refractivity (Wildman–Crippen MR) is 81.8 cm³/mol. The summed E-state index contributed by atoms with van der Waals surface area (Å²) >= 11 is 1.99. The van der Waals surface area contributed by atoms with Gasteiger partial charge in [0.1, 0.15) is 0 Å². The number of aryl methyl sites for hydroxylation is 2. The Hall–Kier alpha value is -0.840. The lowest BCUT2D eigenvalue weighted by Gasteiger charge is -2.27. The third kappa shape index (κ3) is 3.81. The van der Waals surface area contributed by atoms with E-state index in [2.05, 4.69) is 40.6 Å². The first-order valence-electron chi connectivity index (χ1n) is 7.28. The van der Waals surface area contributed by atoms with E-state index in [1.165, 1.54) is 25.7 Å². The minimum Gasteiger partial charge on any atom is -0.350 e. The molecule has 19 heavy (non-hydrogen) atoms. The van der Waals surface area contributed by atoms with E-state index in [1.807, 2.05) is 11.8 Å². The van der Waals surface area contributed by atoms with Gasteiger partial charge in [0, 0.05) is 11.3 Å². The van der Waals surface area contributed by atoms with E-state index >= 15 is 0 Å². The maximum Gasteiger partial charge on any atom is 0.243 e. The van der Waals surface area contributed by atoms with E-state index in [9.17, 15) is 0 Å². The number of aromatic nitrogens is 3. The number of nitrogens with one attached hydrogen (secondary N) is 1. The fourth-order valence-corrected chi connectivity index (χ4v) is 3.37. The van der Waals surface area contributed by atoms with E-state index in [4.69, 9.17) is 0 Å². The van der Waals surface area contributed by atoms with Gasteiger partial charge in [-0.05, 0) is 44.8 Å². The van der Waals surface area contributed by atoms with Crippen molar-refractivity contribution in [1.29, 1.82) is 0 Å². The summed E-state index contributed by atoms with van der Waals surface area (Å²) in [6.07, 6.45) is 9.05. The summed E-state index contributed by atoms with van der Waals surface area (Å²) in [5, 5.41) is 12.8. The van der Waals surface area contributed by atoms with Crippen LogP contribution in [0.25, 0.3) is 0 Å². The largest absolute Gasteiger partial charge is 0.350 e. The number of thioether (sulfide) groups is 1. The van der Waals surface area contributed by atoms with Crippen LogP contribution in [-0.4, -0.2) is 32.7 Å². The van der Waals surface area contributed by atoms with E-state index < -0.39 is 0 Å². The number of anilines is 1. The van der Waals surface area contributed by atoms with E-state index in [1.54, 1.807) is 0 Å². The van der Waals surface area contributed by atoms with Crippen LogP contribution in [0.15, 0.2) is 0 Å². The molecule has 5 heteroatoms. The highest BCUT2D eigenvalue weighted by Crippen LogP contribution is 2.28. The van der Waals surface area contributed by atoms with Gasteiger partial charge in [0.2, 0.25) is 5.95 Å². The Kier molecular flexibility index (Phi) is 5.43. The Morgan fingerprint density at radius 2 is 1.74 bits per heavy atom. The minimum absolute atomic E-state index is 0.516. The molecule has 1 fully saturated rings. The summed E-state index contributed by atoms with van der Waals surface area (Å²) < 4.78 is 0. The molecule has 1 heterocycles. The quantitative estimate of drug-likeness (QED) is 0.898. The summed E-state index contributed by atoms with van der Waals surface area (Å²) in [5.41, 5.74) is 2.11. The van der Waals surface area contributed by atoms with Crippen LogP contribution in [0.2, 0.25) is 0 Å². The van der Waals surface area contributed by atoms with Crippen LogP contribution in [0.4, 0.5) is 5.95 Å². The van der Waals surface area contributed by atoms with Crippen molar-refractivity contribution in [2.24, 2.45) is 0 Å². The van der Waals surface area contributed by atoms with Crippen molar-refractivity contribution in [2.45, 2.75) is 63.7 Å². The van der Waals surface area contributed by atoms with Gasteiger partial charge in [-0.3, -0.25) is 0 Å². The highest BCUT2D eigenvalue weighted by Gasteiger charge is 2.21.